The van der Waals surface area contributed by atoms with Crippen LogP contribution in [0.4, 0.5) is 10.1 Å². The van der Waals surface area contributed by atoms with Crippen molar-refractivity contribution >= 4 is 11.6 Å². The Kier molecular flexibility index (Phi) is 4.42. The second-order valence-electron chi connectivity index (χ2n) is 4.41. The highest BCUT2D eigenvalue weighted by Gasteiger charge is 2.16. The Labute approximate surface area is 122 Å². The number of carbonyl (C=O) groups is 1. The standard InChI is InChI=1S/C16H16FNO3/c1-10-14(20-2)9-8-13(15(10)21-3)18-16(19)11-6-4-5-7-12(11)17/h4-9H,1-3H3,(H,18,19). The van der Waals surface area contributed by atoms with Crippen LogP contribution >= 0.6 is 0 Å². The number of hydrogen-bond acceptors (Lipinski definition) is 3. The summed E-state index contributed by atoms with van der Waals surface area (Å²) >= 11 is 0. The fraction of sp³-hybridized carbons (Fsp3) is 0.188. The monoisotopic (exact) mass is 289 g/mol. The Morgan fingerprint density at radius 1 is 1.10 bits per heavy atom. The number of benzene rings is 2. The van der Waals surface area contributed by atoms with E-state index in [1.54, 1.807) is 25.3 Å². The Balaban J connectivity index is 2.34. The molecule has 0 spiro atoms. The Morgan fingerprint density at radius 3 is 2.43 bits per heavy atom. The third-order valence-corrected chi connectivity index (χ3v) is 3.15. The largest absolute Gasteiger partial charge is 0.496 e. The first-order valence-electron chi connectivity index (χ1n) is 6.36. The number of ether oxygens (including phenoxy) is 2. The van der Waals surface area contributed by atoms with Crippen molar-refractivity contribution in [2.45, 2.75) is 6.92 Å². The summed E-state index contributed by atoms with van der Waals surface area (Å²) < 4.78 is 24.1. The third-order valence-electron chi connectivity index (χ3n) is 3.15. The lowest BCUT2D eigenvalue weighted by atomic mass is 10.1. The van der Waals surface area contributed by atoms with Crippen LogP contribution in [0.1, 0.15) is 15.9 Å². The molecule has 2 rings (SSSR count). The van der Waals surface area contributed by atoms with Crippen LogP contribution in [0.15, 0.2) is 36.4 Å². The predicted octanol–water partition coefficient (Wildman–Crippen LogP) is 3.40. The highest BCUT2D eigenvalue weighted by Crippen LogP contribution is 2.35. The first-order valence-corrected chi connectivity index (χ1v) is 6.36. The predicted molar refractivity (Wildman–Crippen MR) is 78.6 cm³/mol. The summed E-state index contributed by atoms with van der Waals surface area (Å²) in [6.45, 7) is 1.82. The van der Waals surface area contributed by atoms with Crippen LogP contribution in [0.5, 0.6) is 11.5 Å². The molecule has 1 N–H and O–H groups in total. The maximum atomic E-state index is 13.6. The van der Waals surface area contributed by atoms with Gasteiger partial charge in [-0.1, -0.05) is 12.1 Å². The molecule has 4 nitrogen and oxygen atoms in total. The van der Waals surface area contributed by atoms with Crippen LogP contribution in [0.3, 0.4) is 0 Å². The zero-order valence-electron chi connectivity index (χ0n) is 12.1. The summed E-state index contributed by atoms with van der Waals surface area (Å²) in [5.41, 5.74) is 1.20. The fourth-order valence-corrected chi connectivity index (χ4v) is 2.09. The van der Waals surface area contributed by atoms with Crippen LogP contribution in [0.2, 0.25) is 0 Å². The van der Waals surface area contributed by atoms with Gasteiger partial charge in [-0.05, 0) is 31.2 Å². The summed E-state index contributed by atoms with van der Waals surface area (Å²) in [5, 5.41) is 2.65. The second kappa shape index (κ2) is 6.26. The van der Waals surface area contributed by atoms with Gasteiger partial charge in [0.15, 0.2) is 0 Å². The lowest BCUT2D eigenvalue weighted by Gasteiger charge is -2.15. The van der Waals surface area contributed by atoms with E-state index in [-0.39, 0.29) is 5.56 Å². The molecular weight excluding hydrogens is 273 g/mol. The van der Waals surface area contributed by atoms with Gasteiger partial charge in [0.25, 0.3) is 5.91 Å². The van der Waals surface area contributed by atoms with Crippen molar-refractivity contribution in [3.63, 3.8) is 0 Å². The number of anilines is 1. The van der Waals surface area contributed by atoms with Gasteiger partial charge in [0.05, 0.1) is 25.5 Å². The number of carbonyl (C=O) groups excluding carboxylic acids is 1. The summed E-state index contributed by atoms with van der Waals surface area (Å²) in [6.07, 6.45) is 0. The average Bonchev–Trinajstić information content (AvgIpc) is 2.48. The van der Waals surface area contributed by atoms with E-state index in [1.807, 2.05) is 6.92 Å². The minimum atomic E-state index is -0.570. The molecule has 0 saturated carbocycles. The minimum Gasteiger partial charge on any atom is -0.496 e. The number of hydrogen-bond donors (Lipinski definition) is 1. The minimum absolute atomic E-state index is 0.0203. The van der Waals surface area contributed by atoms with E-state index in [0.29, 0.717) is 17.2 Å². The number of methoxy groups -OCH3 is 2. The summed E-state index contributed by atoms with van der Waals surface area (Å²) in [6, 6.07) is 9.18. The Morgan fingerprint density at radius 2 is 1.81 bits per heavy atom. The molecule has 0 heterocycles. The zero-order valence-corrected chi connectivity index (χ0v) is 12.1. The first-order chi connectivity index (χ1) is 10.1. The van der Waals surface area contributed by atoms with Gasteiger partial charge in [0.1, 0.15) is 17.3 Å². The lowest BCUT2D eigenvalue weighted by molar-refractivity contribution is 0.102. The number of amides is 1. The van der Waals surface area contributed by atoms with Crippen molar-refractivity contribution < 1.29 is 18.7 Å². The molecule has 5 heteroatoms. The van der Waals surface area contributed by atoms with E-state index >= 15 is 0 Å². The molecule has 0 aliphatic carbocycles. The molecule has 0 radical (unpaired) electrons. The van der Waals surface area contributed by atoms with E-state index in [0.717, 1.165) is 5.56 Å². The lowest BCUT2D eigenvalue weighted by Crippen LogP contribution is -2.14. The molecule has 0 saturated heterocycles. The second-order valence-corrected chi connectivity index (χ2v) is 4.41. The summed E-state index contributed by atoms with van der Waals surface area (Å²) in [4.78, 5) is 12.1. The van der Waals surface area contributed by atoms with Crippen molar-refractivity contribution in [3.8, 4) is 11.5 Å². The molecule has 0 aliphatic rings. The van der Waals surface area contributed by atoms with E-state index in [4.69, 9.17) is 9.47 Å². The smallest absolute Gasteiger partial charge is 0.258 e. The average molecular weight is 289 g/mol. The van der Waals surface area contributed by atoms with Crippen LogP contribution in [0.25, 0.3) is 0 Å². The van der Waals surface area contributed by atoms with Gasteiger partial charge < -0.3 is 14.8 Å². The van der Waals surface area contributed by atoms with E-state index in [1.165, 1.54) is 25.3 Å². The molecule has 110 valence electrons. The van der Waals surface area contributed by atoms with Crippen LogP contribution in [-0.4, -0.2) is 20.1 Å². The zero-order chi connectivity index (χ0) is 15.4. The van der Waals surface area contributed by atoms with Gasteiger partial charge >= 0.3 is 0 Å². The molecule has 0 aliphatic heterocycles. The van der Waals surface area contributed by atoms with Gasteiger partial charge in [0, 0.05) is 5.56 Å². The SMILES string of the molecule is COc1ccc(NC(=O)c2ccccc2F)c(OC)c1C. The van der Waals surface area contributed by atoms with Crippen molar-refractivity contribution in [3.05, 3.63) is 53.3 Å². The van der Waals surface area contributed by atoms with E-state index < -0.39 is 11.7 Å². The molecule has 0 bridgehead atoms. The maximum absolute atomic E-state index is 13.6. The molecule has 0 aromatic heterocycles. The molecule has 0 atom stereocenters. The van der Waals surface area contributed by atoms with Crippen molar-refractivity contribution in [2.24, 2.45) is 0 Å². The van der Waals surface area contributed by atoms with Crippen LogP contribution in [0, 0.1) is 12.7 Å². The van der Waals surface area contributed by atoms with Gasteiger partial charge in [0.2, 0.25) is 0 Å². The number of nitrogens with one attached hydrogen (secondary N) is 1. The molecular formula is C16H16FNO3. The van der Waals surface area contributed by atoms with E-state index in [2.05, 4.69) is 5.32 Å². The van der Waals surface area contributed by atoms with Gasteiger partial charge in [-0.25, -0.2) is 4.39 Å². The highest BCUT2D eigenvalue weighted by atomic mass is 19.1. The number of halogens is 1. The fourth-order valence-electron chi connectivity index (χ4n) is 2.09. The maximum Gasteiger partial charge on any atom is 0.258 e. The quantitative estimate of drug-likeness (QED) is 0.938. The van der Waals surface area contributed by atoms with Gasteiger partial charge in [-0.3, -0.25) is 4.79 Å². The normalized spacial score (nSPS) is 10.1. The van der Waals surface area contributed by atoms with Crippen molar-refractivity contribution in [1.82, 2.24) is 0 Å². The van der Waals surface area contributed by atoms with Crippen molar-refractivity contribution in [2.75, 3.05) is 19.5 Å². The van der Waals surface area contributed by atoms with Crippen molar-refractivity contribution in [1.29, 1.82) is 0 Å². The highest BCUT2D eigenvalue weighted by molar-refractivity contribution is 6.05. The molecule has 2 aromatic carbocycles. The molecule has 21 heavy (non-hydrogen) atoms. The van der Waals surface area contributed by atoms with Crippen LogP contribution < -0.4 is 14.8 Å². The first kappa shape index (κ1) is 14.8. The topological polar surface area (TPSA) is 47.6 Å². The summed E-state index contributed by atoms with van der Waals surface area (Å²) in [5.74, 6) is 0.0324. The molecule has 0 unspecified atom stereocenters. The Bertz CT molecular complexity index is 671. The molecule has 0 fully saturated rings. The molecule has 1 amide bonds. The van der Waals surface area contributed by atoms with Gasteiger partial charge in [-0.15, -0.1) is 0 Å². The molecule has 2 aromatic rings. The van der Waals surface area contributed by atoms with Gasteiger partial charge in [-0.2, -0.15) is 0 Å². The third kappa shape index (κ3) is 2.97. The Hall–Kier alpha value is -2.56. The van der Waals surface area contributed by atoms with E-state index in [9.17, 15) is 9.18 Å². The summed E-state index contributed by atoms with van der Waals surface area (Å²) in [7, 11) is 3.06. The number of rotatable bonds is 4. The van der Waals surface area contributed by atoms with Crippen LogP contribution in [-0.2, 0) is 0 Å².